The minimum Gasteiger partial charge on any atom is -0.330 e. The van der Waals surface area contributed by atoms with E-state index in [2.05, 4.69) is 12.1 Å². The summed E-state index contributed by atoms with van der Waals surface area (Å²) in [6.07, 6.45) is 5.27. The first kappa shape index (κ1) is 19.5. The Hall–Kier alpha value is -2.24. The van der Waals surface area contributed by atoms with E-state index in [0.29, 0.717) is 25.9 Å². The molecule has 0 saturated heterocycles. The highest BCUT2D eigenvalue weighted by molar-refractivity contribution is 7.09. The fourth-order valence-electron chi connectivity index (χ4n) is 3.33. The van der Waals surface area contributed by atoms with E-state index in [4.69, 9.17) is 5.73 Å². The number of Topliss-reactive ketones (excluding diaryl/α,β-unsaturated/α-hetero) is 1. The zero-order chi connectivity index (χ0) is 19.2. The van der Waals surface area contributed by atoms with Gasteiger partial charge >= 0.3 is 0 Å². The van der Waals surface area contributed by atoms with Crippen molar-refractivity contribution < 1.29 is 9.59 Å². The Morgan fingerprint density at radius 2 is 1.89 bits per heavy atom. The van der Waals surface area contributed by atoms with Crippen LogP contribution in [0.4, 0.5) is 0 Å². The van der Waals surface area contributed by atoms with Crippen LogP contribution < -0.4 is 5.73 Å². The molecule has 27 heavy (non-hydrogen) atoms. The predicted octanol–water partition coefficient (Wildman–Crippen LogP) is 3.70. The summed E-state index contributed by atoms with van der Waals surface area (Å²) in [5, 5.41) is 1.99. The summed E-state index contributed by atoms with van der Waals surface area (Å²) in [6, 6.07) is 11.6. The molecule has 0 bridgehead atoms. The first-order chi connectivity index (χ1) is 13.1. The molecule has 1 amide bonds. The maximum absolute atomic E-state index is 12.5. The van der Waals surface area contributed by atoms with E-state index in [9.17, 15) is 9.59 Å². The van der Waals surface area contributed by atoms with Gasteiger partial charge in [-0.1, -0.05) is 43.3 Å². The lowest BCUT2D eigenvalue weighted by atomic mass is 9.94. The van der Waals surface area contributed by atoms with Crippen molar-refractivity contribution in [1.82, 2.24) is 4.90 Å². The van der Waals surface area contributed by atoms with Gasteiger partial charge in [-0.25, -0.2) is 0 Å². The molecule has 0 unspecified atom stereocenters. The van der Waals surface area contributed by atoms with Crippen LogP contribution in [0.2, 0.25) is 0 Å². The number of allylic oxidation sites excluding steroid dienone is 1. The molecular weight excluding hydrogens is 356 g/mol. The third-order valence-electron chi connectivity index (χ3n) is 5.07. The second kappa shape index (κ2) is 9.11. The van der Waals surface area contributed by atoms with Gasteiger partial charge in [-0.2, -0.15) is 0 Å². The topological polar surface area (TPSA) is 63.4 Å². The van der Waals surface area contributed by atoms with Crippen LogP contribution in [0, 0.1) is 5.92 Å². The molecule has 2 aromatic rings. The van der Waals surface area contributed by atoms with Crippen LogP contribution in [-0.2, 0) is 29.1 Å². The molecule has 0 fully saturated rings. The van der Waals surface area contributed by atoms with E-state index in [1.54, 1.807) is 17.4 Å². The maximum Gasteiger partial charge on any atom is 0.246 e. The van der Waals surface area contributed by atoms with Gasteiger partial charge < -0.3 is 10.6 Å². The van der Waals surface area contributed by atoms with Gasteiger partial charge in [0.2, 0.25) is 5.91 Å². The van der Waals surface area contributed by atoms with Crippen LogP contribution in [-0.4, -0.2) is 22.6 Å². The molecular formula is C22H26N2O2S. The number of rotatable bonds is 8. The monoisotopic (exact) mass is 382 g/mol. The molecule has 1 aliphatic rings. The summed E-state index contributed by atoms with van der Waals surface area (Å²) in [5.41, 5.74) is 8.49. The fourth-order valence-corrected chi connectivity index (χ4v) is 4.10. The van der Waals surface area contributed by atoms with Crippen molar-refractivity contribution in [2.45, 2.75) is 45.3 Å². The van der Waals surface area contributed by atoms with Crippen LogP contribution in [0.25, 0.3) is 0 Å². The van der Waals surface area contributed by atoms with Gasteiger partial charge in [0.25, 0.3) is 0 Å². The molecule has 0 radical (unpaired) electrons. The quantitative estimate of drug-likeness (QED) is 0.708. The van der Waals surface area contributed by atoms with Gasteiger partial charge in [-0.05, 0) is 41.0 Å². The number of nitrogens with two attached hydrogens (primary N) is 1. The third-order valence-corrected chi connectivity index (χ3v) is 5.96. The molecule has 0 spiro atoms. The summed E-state index contributed by atoms with van der Waals surface area (Å²) in [5.74, 6) is 0.0988. The summed E-state index contributed by atoms with van der Waals surface area (Å²) in [4.78, 5) is 27.9. The molecule has 3 rings (SSSR count). The van der Waals surface area contributed by atoms with Crippen LogP contribution in [0.3, 0.4) is 0 Å². The van der Waals surface area contributed by atoms with E-state index in [0.717, 1.165) is 11.3 Å². The lowest BCUT2D eigenvalue weighted by molar-refractivity contribution is -0.126. The van der Waals surface area contributed by atoms with E-state index in [1.165, 1.54) is 11.1 Å². The Kier molecular flexibility index (Phi) is 6.58. The number of ketones is 1. The number of carbonyl (C=O) groups is 2. The third kappa shape index (κ3) is 5.15. The first-order valence-corrected chi connectivity index (χ1v) is 10.3. The number of fused-ring (bicyclic) bond motifs is 1. The van der Waals surface area contributed by atoms with Crippen molar-refractivity contribution in [1.29, 1.82) is 0 Å². The van der Waals surface area contributed by atoms with Crippen molar-refractivity contribution in [2.75, 3.05) is 0 Å². The van der Waals surface area contributed by atoms with Crippen LogP contribution >= 0.6 is 11.3 Å². The maximum atomic E-state index is 12.5. The van der Waals surface area contributed by atoms with Gasteiger partial charge in [0.15, 0.2) is 0 Å². The van der Waals surface area contributed by atoms with Crippen molar-refractivity contribution >= 4 is 23.0 Å². The molecule has 1 aromatic heterocycles. The highest BCUT2D eigenvalue weighted by Crippen LogP contribution is 2.23. The van der Waals surface area contributed by atoms with Gasteiger partial charge in [0.1, 0.15) is 5.78 Å². The Morgan fingerprint density at radius 1 is 1.19 bits per heavy atom. The Balaban J connectivity index is 1.52. The van der Waals surface area contributed by atoms with E-state index in [-0.39, 0.29) is 17.6 Å². The summed E-state index contributed by atoms with van der Waals surface area (Å²) < 4.78 is 0. The Bertz CT molecular complexity index is 788. The van der Waals surface area contributed by atoms with Crippen LogP contribution in [0.15, 0.2) is 53.9 Å². The molecule has 2 atom stereocenters. The number of amides is 1. The second-order valence-electron chi connectivity index (χ2n) is 7.05. The Labute approximate surface area is 164 Å². The first-order valence-electron chi connectivity index (χ1n) is 9.41. The average molecular weight is 383 g/mol. The lowest BCUT2D eigenvalue weighted by Crippen LogP contribution is -2.33. The molecule has 0 aliphatic carbocycles. The summed E-state index contributed by atoms with van der Waals surface area (Å²) in [6.45, 7) is 3.34. The number of hydrogen-bond acceptors (Lipinski definition) is 4. The number of benzene rings is 1. The van der Waals surface area contributed by atoms with E-state index >= 15 is 0 Å². The van der Waals surface area contributed by atoms with E-state index < -0.39 is 6.04 Å². The minimum absolute atomic E-state index is 0.0000157. The largest absolute Gasteiger partial charge is 0.330 e. The minimum atomic E-state index is -0.477. The Morgan fingerprint density at radius 3 is 2.48 bits per heavy atom. The van der Waals surface area contributed by atoms with Crippen molar-refractivity contribution in [3.05, 3.63) is 69.9 Å². The van der Waals surface area contributed by atoms with Gasteiger partial charge in [0.05, 0.1) is 6.04 Å². The highest BCUT2D eigenvalue weighted by Gasteiger charge is 2.22. The van der Waals surface area contributed by atoms with Gasteiger partial charge in [0, 0.05) is 30.8 Å². The molecule has 1 aromatic carbocycles. The number of thiophene rings is 1. The fraction of sp³-hybridized carbons (Fsp3) is 0.364. The molecule has 2 heterocycles. The van der Waals surface area contributed by atoms with Crippen molar-refractivity contribution in [3.63, 3.8) is 0 Å². The molecule has 1 aliphatic heterocycles. The molecule has 142 valence electrons. The van der Waals surface area contributed by atoms with Crippen LogP contribution in [0.5, 0.6) is 0 Å². The SMILES string of the molecule is CC[C@@H](/C=C/C(=O)N1Cc2ccccc2C1)CC(=O)[C@@H](N)Cc1cccs1. The zero-order valence-electron chi connectivity index (χ0n) is 15.6. The van der Waals surface area contributed by atoms with Gasteiger partial charge in [-0.3, -0.25) is 9.59 Å². The number of carbonyl (C=O) groups excluding carboxylic acids is 2. The smallest absolute Gasteiger partial charge is 0.246 e. The summed E-state index contributed by atoms with van der Waals surface area (Å²) in [7, 11) is 0. The van der Waals surface area contributed by atoms with E-state index in [1.807, 2.05) is 47.5 Å². The standard InChI is InChI=1S/C22H26N2O2S/c1-2-16(12-21(25)20(23)13-19-8-5-11-27-19)9-10-22(26)24-14-17-6-3-4-7-18(17)15-24/h3-11,16,20H,2,12-15,23H2,1H3/b10-9+/t16-,20-/m0/s1. The molecule has 5 heteroatoms. The highest BCUT2D eigenvalue weighted by atomic mass is 32.1. The predicted molar refractivity (Wildman–Crippen MR) is 109 cm³/mol. The molecule has 4 nitrogen and oxygen atoms in total. The molecule has 2 N–H and O–H groups in total. The summed E-state index contributed by atoms with van der Waals surface area (Å²) >= 11 is 1.62. The number of hydrogen-bond donors (Lipinski definition) is 1. The van der Waals surface area contributed by atoms with Crippen LogP contribution in [0.1, 0.15) is 35.8 Å². The lowest BCUT2D eigenvalue weighted by Gasteiger charge is -2.15. The van der Waals surface area contributed by atoms with Crippen molar-refractivity contribution in [2.24, 2.45) is 11.7 Å². The van der Waals surface area contributed by atoms with Crippen molar-refractivity contribution in [3.8, 4) is 0 Å². The average Bonchev–Trinajstić information content (AvgIpc) is 3.33. The normalized spacial score (nSPS) is 15.7. The molecule has 0 saturated carbocycles. The second-order valence-corrected chi connectivity index (χ2v) is 8.08. The zero-order valence-corrected chi connectivity index (χ0v) is 16.5. The number of nitrogens with zero attached hydrogens (tertiary/aromatic N) is 1. The van der Waals surface area contributed by atoms with Gasteiger partial charge in [-0.15, -0.1) is 11.3 Å².